The molecule has 162 valence electrons. The highest BCUT2D eigenvalue weighted by atomic mass is 35.5. The number of nitrogens with one attached hydrogen (secondary N) is 1. The number of ether oxygens (including phenoxy) is 1. The van der Waals surface area contributed by atoms with Crippen LogP contribution in [0.25, 0.3) is 0 Å². The molecule has 1 unspecified atom stereocenters. The molecule has 0 aliphatic rings. The van der Waals surface area contributed by atoms with Crippen LogP contribution in [-0.2, 0) is 19.6 Å². The number of amides is 1. The van der Waals surface area contributed by atoms with E-state index in [-0.39, 0.29) is 34.3 Å². The molecule has 0 fully saturated rings. The zero-order valence-electron chi connectivity index (χ0n) is 16.7. The first-order valence-corrected chi connectivity index (χ1v) is 11.0. The fraction of sp³-hybridized carbons (Fsp3) is 0.300. The predicted molar refractivity (Wildman–Crippen MR) is 111 cm³/mol. The van der Waals surface area contributed by atoms with Gasteiger partial charge in [0.05, 0.1) is 15.5 Å². The molecule has 2 aromatic carbocycles. The van der Waals surface area contributed by atoms with Crippen LogP contribution < -0.4 is 5.32 Å². The Bertz CT molecular complexity index is 1040. The van der Waals surface area contributed by atoms with Gasteiger partial charge in [-0.2, -0.15) is 4.31 Å². The molecule has 0 saturated carbocycles. The van der Waals surface area contributed by atoms with Gasteiger partial charge in [0.2, 0.25) is 10.0 Å². The maximum absolute atomic E-state index is 13.2. The number of hydrogen-bond acceptors (Lipinski definition) is 5. The van der Waals surface area contributed by atoms with Crippen LogP contribution in [-0.4, -0.2) is 43.8 Å². The van der Waals surface area contributed by atoms with E-state index in [1.54, 1.807) is 13.8 Å². The number of anilines is 1. The average molecular weight is 457 g/mol. The normalized spacial score (nSPS) is 12.5. The van der Waals surface area contributed by atoms with Gasteiger partial charge in [0, 0.05) is 18.8 Å². The lowest BCUT2D eigenvalue weighted by Crippen LogP contribution is -2.31. The number of benzene rings is 2. The summed E-state index contributed by atoms with van der Waals surface area (Å²) >= 11 is 6.05. The van der Waals surface area contributed by atoms with Gasteiger partial charge in [-0.05, 0) is 43.3 Å². The van der Waals surface area contributed by atoms with E-state index in [2.05, 4.69) is 5.32 Å². The van der Waals surface area contributed by atoms with Crippen molar-refractivity contribution in [2.75, 3.05) is 18.4 Å². The second kappa shape index (κ2) is 10.0. The molecule has 0 saturated heterocycles. The second-order valence-electron chi connectivity index (χ2n) is 6.28. The lowest BCUT2D eigenvalue weighted by molar-refractivity contribution is -0.123. The van der Waals surface area contributed by atoms with Crippen LogP contribution in [0.3, 0.4) is 0 Å². The average Bonchev–Trinajstić information content (AvgIpc) is 2.68. The maximum atomic E-state index is 13.2. The van der Waals surface area contributed by atoms with Crippen LogP contribution in [0.2, 0.25) is 5.02 Å². The lowest BCUT2D eigenvalue weighted by Gasteiger charge is -2.19. The smallest absolute Gasteiger partial charge is 0.340 e. The van der Waals surface area contributed by atoms with Crippen LogP contribution in [0.4, 0.5) is 10.1 Å². The van der Waals surface area contributed by atoms with Crippen LogP contribution in [0, 0.1) is 5.82 Å². The Morgan fingerprint density at radius 3 is 2.43 bits per heavy atom. The molecular formula is C20H22ClFN2O5S. The van der Waals surface area contributed by atoms with E-state index in [1.807, 2.05) is 0 Å². The standard InChI is InChI=1S/C20H22ClFN2O5S/c1-4-24(5-2)30(27,28)16-9-10-18(21)17(12-16)20(26)29-13(3)19(25)23-15-8-6-7-14(22)11-15/h6-13H,4-5H2,1-3H3,(H,23,25). The maximum Gasteiger partial charge on any atom is 0.340 e. The van der Waals surface area contributed by atoms with Crippen molar-refractivity contribution >= 4 is 39.2 Å². The van der Waals surface area contributed by atoms with E-state index in [1.165, 1.54) is 41.6 Å². The minimum atomic E-state index is -3.81. The van der Waals surface area contributed by atoms with Gasteiger partial charge in [-0.25, -0.2) is 17.6 Å². The summed E-state index contributed by atoms with van der Waals surface area (Å²) in [4.78, 5) is 24.6. The summed E-state index contributed by atoms with van der Waals surface area (Å²) < 4.78 is 44.9. The Hall–Kier alpha value is -2.49. The fourth-order valence-corrected chi connectivity index (χ4v) is 4.30. The highest BCUT2D eigenvalue weighted by Crippen LogP contribution is 2.24. The van der Waals surface area contributed by atoms with Crippen LogP contribution in [0.1, 0.15) is 31.1 Å². The topological polar surface area (TPSA) is 92.8 Å². The number of carbonyl (C=O) groups is 2. The fourth-order valence-electron chi connectivity index (χ4n) is 2.62. The molecule has 0 heterocycles. The molecule has 1 atom stereocenters. The first-order chi connectivity index (χ1) is 14.1. The monoisotopic (exact) mass is 456 g/mol. The summed E-state index contributed by atoms with van der Waals surface area (Å²) in [7, 11) is -3.81. The molecule has 30 heavy (non-hydrogen) atoms. The summed E-state index contributed by atoms with van der Waals surface area (Å²) in [6.45, 7) is 5.25. The SMILES string of the molecule is CCN(CC)S(=O)(=O)c1ccc(Cl)c(C(=O)OC(C)C(=O)Nc2cccc(F)c2)c1. The number of carbonyl (C=O) groups excluding carboxylic acids is 2. The van der Waals surface area contributed by atoms with Gasteiger partial charge < -0.3 is 10.1 Å². The molecule has 0 aliphatic carbocycles. The van der Waals surface area contributed by atoms with Crippen molar-refractivity contribution in [1.29, 1.82) is 0 Å². The van der Waals surface area contributed by atoms with Crippen molar-refractivity contribution in [2.45, 2.75) is 31.8 Å². The van der Waals surface area contributed by atoms with Gasteiger partial charge in [-0.15, -0.1) is 0 Å². The van der Waals surface area contributed by atoms with Crippen molar-refractivity contribution in [1.82, 2.24) is 4.31 Å². The summed E-state index contributed by atoms with van der Waals surface area (Å²) in [6, 6.07) is 8.94. The minimum absolute atomic E-state index is 0.0174. The lowest BCUT2D eigenvalue weighted by atomic mass is 10.2. The summed E-state index contributed by atoms with van der Waals surface area (Å²) in [5.74, 6) is -2.18. The number of sulfonamides is 1. The zero-order valence-corrected chi connectivity index (χ0v) is 18.3. The quantitative estimate of drug-likeness (QED) is 0.611. The largest absolute Gasteiger partial charge is 0.449 e. The highest BCUT2D eigenvalue weighted by molar-refractivity contribution is 7.89. The molecule has 0 aromatic heterocycles. The number of hydrogen-bond donors (Lipinski definition) is 1. The third-order valence-corrected chi connectivity index (χ3v) is 6.62. The molecule has 0 radical (unpaired) electrons. The Morgan fingerprint density at radius 1 is 1.17 bits per heavy atom. The van der Waals surface area contributed by atoms with Crippen molar-refractivity contribution in [3.05, 3.63) is 58.9 Å². The minimum Gasteiger partial charge on any atom is -0.449 e. The molecule has 7 nitrogen and oxygen atoms in total. The van der Waals surface area contributed by atoms with E-state index in [4.69, 9.17) is 16.3 Å². The van der Waals surface area contributed by atoms with Crippen LogP contribution >= 0.6 is 11.6 Å². The third-order valence-electron chi connectivity index (χ3n) is 4.25. The molecule has 0 bridgehead atoms. The second-order valence-corrected chi connectivity index (χ2v) is 8.62. The van der Waals surface area contributed by atoms with Gasteiger partial charge in [-0.3, -0.25) is 4.79 Å². The molecule has 1 amide bonds. The number of nitrogens with zero attached hydrogens (tertiary/aromatic N) is 1. The number of rotatable bonds is 8. The Balaban J connectivity index is 2.19. The van der Waals surface area contributed by atoms with E-state index < -0.39 is 33.8 Å². The Kier molecular flexibility index (Phi) is 7.94. The highest BCUT2D eigenvalue weighted by Gasteiger charge is 2.26. The molecule has 2 aromatic rings. The molecule has 1 N–H and O–H groups in total. The summed E-state index contributed by atoms with van der Waals surface area (Å²) in [6.07, 6.45) is -1.24. The molecule has 0 aliphatic heterocycles. The van der Waals surface area contributed by atoms with Crippen LogP contribution in [0.5, 0.6) is 0 Å². The van der Waals surface area contributed by atoms with Crippen molar-refractivity contribution in [3.8, 4) is 0 Å². The molecule has 2 rings (SSSR count). The molecular weight excluding hydrogens is 435 g/mol. The zero-order chi connectivity index (χ0) is 22.5. The van der Waals surface area contributed by atoms with Crippen molar-refractivity contribution < 1.29 is 27.1 Å². The predicted octanol–water partition coefficient (Wildman–Crippen LogP) is 3.69. The first kappa shape index (κ1) is 23.8. The van der Waals surface area contributed by atoms with Gasteiger partial charge in [0.15, 0.2) is 6.10 Å². The first-order valence-electron chi connectivity index (χ1n) is 9.17. The Labute approximate surface area is 179 Å². The van der Waals surface area contributed by atoms with Gasteiger partial charge in [-0.1, -0.05) is 31.5 Å². The van der Waals surface area contributed by atoms with Crippen molar-refractivity contribution in [2.24, 2.45) is 0 Å². The van der Waals surface area contributed by atoms with E-state index in [0.29, 0.717) is 0 Å². The van der Waals surface area contributed by atoms with E-state index >= 15 is 0 Å². The number of esters is 1. The molecule has 0 spiro atoms. The summed E-state index contributed by atoms with van der Waals surface area (Å²) in [5.41, 5.74) is 0.0172. The van der Waals surface area contributed by atoms with Gasteiger partial charge >= 0.3 is 5.97 Å². The Morgan fingerprint density at radius 2 is 1.83 bits per heavy atom. The summed E-state index contributed by atoms with van der Waals surface area (Å²) in [5, 5.41) is 2.41. The molecule has 10 heteroatoms. The number of halogens is 2. The van der Waals surface area contributed by atoms with Gasteiger partial charge in [0.1, 0.15) is 5.82 Å². The van der Waals surface area contributed by atoms with E-state index in [9.17, 15) is 22.4 Å². The third kappa shape index (κ3) is 5.56. The van der Waals surface area contributed by atoms with E-state index in [0.717, 1.165) is 12.1 Å². The van der Waals surface area contributed by atoms with Gasteiger partial charge in [0.25, 0.3) is 5.91 Å². The van der Waals surface area contributed by atoms with Crippen molar-refractivity contribution in [3.63, 3.8) is 0 Å². The van der Waals surface area contributed by atoms with Crippen LogP contribution in [0.15, 0.2) is 47.4 Å².